The number of hydrogen-bond donors (Lipinski definition) is 2. The lowest BCUT2D eigenvalue weighted by atomic mass is 9.95. The molecule has 0 heterocycles. The van der Waals surface area contributed by atoms with Crippen LogP contribution in [-0.2, 0) is 0 Å². The number of unbranched alkanes of at least 4 members (excludes halogenated alkanes) is 8. The molecular formula is C41H52N2O7. The van der Waals surface area contributed by atoms with Crippen LogP contribution in [0.3, 0.4) is 0 Å². The first kappa shape index (κ1) is 38.0. The predicted octanol–water partition coefficient (Wildman–Crippen LogP) is 10.9. The van der Waals surface area contributed by atoms with Crippen LogP contribution in [0.5, 0.6) is 23.0 Å². The molecule has 9 heteroatoms. The molecule has 4 aromatic rings. The van der Waals surface area contributed by atoms with Crippen molar-refractivity contribution in [2.24, 2.45) is 5.92 Å². The van der Waals surface area contributed by atoms with Gasteiger partial charge in [0.15, 0.2) is 0 Å². The largest absolute Gasteiger partial charge is 0.506 e. The van der Waals surface area contributed by atoms with Gasteiger partial charge in [0.25, 0.3) is 11.6 Å². The molecule has 0 aliphatic heterocycles. The Morgan fingerprint density at radius 1 is 0.740 bits per heavy atom. The molecule has 0 radical (unpaired) electrons. The van der Waals surface area contributed by atoms with Crippen molar-refractivity contribution in [1.82, 2.24) is 0 Å². The Morgan fingerprint density at radius 3 is 2.04 bits per heavy atom. The average Bonchev–Trinajstić information content (AvgIpc) is 3.13. The number of non-ortho nitro benzene ring substituents is 1. The van der Waals surface area contributed by atoms with Gasteiger partial charge in [-0.15, -0.1) is 0 Å². The molecule has 50 heavy (non-hydrogen) atoms. The first-order valence-corrected chi connectivity index (χ1v) is 18.2. The van der Waals surface area contributed by atoms with Gasteiger partial charge >= 0.3 is 0 Å². The molecule has 9 nitrogen and oxygen atoms in total. The van der Waals surface area contributed by atoms with Crippen molar-refractivity contribution in [2.75, 3.05) is 25.1 Å². The highest BCUT2D eigenvalue weighted by Gasteiger charge is 2.20. The number of nitro groups is 1. The average molecular weight is 685 g/mol. The fraction of sp³-hybridized carbons (Fsp3) is 0.439. The van der Waals surface area contributed by atoms with Crippen LogP contribution in [0.4, 0.5) is 11.4 Å². The Bertz CT molecular complexity index is 1640. The van der Waals surface area contributed by atoms with E-state index in [1.165, 1.54) is 94.5 Å². The summed E-state index contributed by atoms with van der Waals surface area (Å²) in [4.78, 5) is 24.2. The zero-order chi connectivity index (χ0) is 35.6. The third-order valence-electron chi connectivity index (χ3n) is 8.92. The quantitative estimate of drug-likeness (QED) is 0.0453. The van der Waals surface area contributed by atoms with E-state index in [9.17, 15) is 20.0 Å². The molecule has 1 atom stereocenters. The first-order chi connectivity index (χ1) is 24.4. The molecule has 4 rings (SSSR count). The Labute approximate surface area is 296 Å². The van der Waals surface area contributed by atoms with E-state index in [4.69, 9.17) is 14.2 Å². The first-order valence-electron chi connectivity index (χ1n) is 18.2. The number of para-hydroxylation sites is 2. The fourth-order valence-corrected chi connectivity index (χ4v) is 6.07. The monoisotopic (exact) mass is 684 g/mol. The van der Waals surface area contributed by atoms with E-state index < -0.39 is 10.8 Å². The van der Waals surface area contributed by atoms with Crippen molar-refractivity contribution >= 4 is 28.1 Å². The van der Waals surface area contributed by atoms with Gasteiger partial charge in [0, 0.05) is 22.9 Å². The number of fused-ring (bicyclic) bond motifs is 1. The number of amides is 1. The van der Waals surface area contributed by atoms with E-state index in [2.05, 4.69) is 19.2 Å². The standard InChI is InChI=1S/C41H52N2O7/c1-3-5-7-9-10-12-18-31(17-11-8-6-4-2)30-50-38-22-16-15-21-37(38)42-41(45)36-29-39(34-19-13-14-20-35(34)40(36)44)49-28-27-48-33-25-23-32(24-26-33)43(46)47/h13-16,19-26,29,31,44H,3-12,17-18,27-28,30H2,1-2H3,(H,42,45). The van der Waals surface area contributed by atoms with Gasteiger partial charge in [-0.2, -0.15) is 0 Å². The van der Waals surface area contributed by atoms with Gasteiger partial charge in [-0.3, -0.25) is 14.9 Å². The van der Waals surface area contributed by atoms with Crippen LogP contribution >= 0.6 is 0 Å². The van der Waals surface area contributed by atoms with Crippen molar-refractivity contribution in [3.63, 3.8) is 0 Å². The Kier molecular flexibility index (Phi) is 15.7. The number of aromatic hydroxyl groups is 1. The number of rotatable bonds is 23. The number of nitrogens with zero attached hydrogens (tertiary/aromatic N) is 1. The maximum absolute atomic E-state index is 13.7. The molecule has 0 saturated heterocycles. The molecule has 0 aromatic heterocycles. The number of ether oxygens (including phenoxy) is 3. The zero-order valence-electron chi connectivity index (χ0n) is 29.5. The summed E-state index contributed by atoms with van der Waals surface area (Å²) < 4.78 is 18.1. The second kappa shape index (κ2) is 20.7. The van der Waals surface area contributed by atoms with Crippen molar-refractivity contribution in [3.8, 4) is 23.0 Å². The van der Waals surface area contributed by atoms with Crippen molar-refractivity contribution in [1.29, 1.82) is 0 Å². The number of carbonyl (C=O) groups excluding carboxylic acids is 1. The summed E-state index contributed by atoms with van der Waals surface area (Å²) in [5.74, 6) is 1.32. The molecule has 0 saturated carbocycles. The second-order valence-electron chi connectivity index (χ2n) is 12.8. The smallest absolute Gasteiger partial charge is 0.269 e. The van der Waals surface area contributed by atoms with Crippen molar-refractivity contribution in [2.45, 2.75) is 90.9 Å². The maximum Gasteiger partial charge on any atom is 0.269 e. The van der Waals surface area contributed by atoms with Crippen LogP contribution in [0.25, 0.3) is 10.8 Å². The SMILES string of the molecule is CCCCCCCCC(CCCCCC)COc1ccccc1NC(=O)c1cc(OCCOc2ccc([N+](=O)[O-])cc2)c2ccccc2c1O. The summed E-state index contributed by atoms with van der Waals surface area (Å²) in [7, 11) is 0. The topological polar surface area (TPSA) is 120 Å². The van der Waals surface area contributed by atoms with Crippen LogP contribution in [-0.4, -0.2) is 35.8 Å². The minimum Gasteiger partial charge on any atom is -0.506 e. The normalized spacial score (nSPS) is 11.6. The number of benzene rings is 4. The summed E-state index contributed by atoms with van der Waals surface area (Å²) in [6, 6.07) is 21.9. The lowest BCUT2D eigenvalue weighted by Gasteiger charge is -2.20. The van der Waals surface area contributed by atoms with Crippen LogP contribution in [0.2, 0.25) is 0 Å². The molecule has 0 fully saturated rings. The summed E-state index contributed by atoms with van der Waals surface area (Å²) in [5.41, 5.74) is 0.588. The molecule has 1 unspecified atom stereocenters. The van der Waals surface area contributed by atoms with Crippen LogP contribution < -0.4 is 19.5 Å². The third-order valence-corrected chi connectivity index (χ3v) is 8.92. The predicted molar refractivity (Wildman–Crippen MR) is 200 cm³/mol. The van der Waals surface area contributed by atoms with Gasteiger partial charge in [-0.25, -0.2) is 0 Å². The number of phenolic OH excluding ortho intramolecular Hbond substituents is 1. The van der Waals surface area contributed by atoms with E-state index in [1.807, 2.05) is 36.4 Å². The van der Waals surface area contributed by atoms with Gasteiger partial charge in [0.05, 0.1) is 22.8 Å². The van der Waals surface area contributed by atoms with Crippen LogP contribution in [0.15, 0.2) is 78.9 Å². The zero-order valence-corrected chi connectivity index (χ0v) is 29.5. The number of carbonyl (C=O) groups is 1. The molecule has 0 aliphatic carbocycles. The van der Waals surface area contributed by atoms with E-state index in [0.29, 0.717) is 46.2 Å². The van der Waals surface area contributed by atoms with E-state index in [1.54, 1.807) is 12.1 Å². The number of nitro benzene ring substituents is 1. The maximum atomic E-state index is 13.7. The molecule has 0 aliphatic rings. The van der Waals surface area contributed by atoms with Crippen molar-refractivity contribution < 1.29 is 29.0 Å². The molecule has 0 spiro atoms. The van der Waals surface area contributed by atoms with Crippen LogP contribution in [0, 0.1) is 16.0 Å². The van der Waals surface area contributed by atoms with Crippen molar-refractivity contribution in [3.05, 3.63) is 94.5 Å². The number of hydrogen-bond acceptors (Lipinski definition) is 7. The van der Waals surface area contributed by atoms with Crippen LogP contribution in [0.1, 0.15) is 101 Å². The Balaban J connectivity index is 1.41. The molecule has 0 bridgehead atoms. The van der Waals surface area contributed by atoms with Gasteiger partial charge < -0.3 is 24.6 Å². The van der Waals surface area contributed by atoms with Gasteiger partial charge in [-0.05, 0) is 49.1 Å². The highest BCUT2D eigenvalue weighted by Crippen LogP contribution is 2.37. The van der Waals surface area contributed by atoms with Gasteiger partial charge in [0.2, 0.25) is 0 Å². The number of nitrogens with one attached hydrogen (secondary N) is 1. The number of anilines is 1. The minimum atomic E-state index is -0.487. The summed E-state index contributed by atoms with van der Waals surface area (Å²) in [5, 5.41) is 26.2. The third kappa shape index (κ3) is 11.7. The van der Waals surface area contributed by atoms with Gasteiger partial charge in [0.1, 0.15) is 36.2 Å². The Morgan fingerprint density at radius 2 is 1.34 bits per heavy atom. The molecule has 2 N–H and O–H groups in total. The van der Waals surface area contributed by atoms with E-state index in [-0.39, 0.29) is 30.2 Å². The molecule has 4 aromatic carbocycles. The van der Waals surface area contributed by atoms with E-state index >= 15 is 0 Å². The lowest BCUT2D eigenvalue weighted by molar-refractivity contribution is -0.384. The molecule has 1 amide bonds. The van der Waals surface area contributed by atoms with E-state index in [0.717, 1.165) is 12.8 Å². The second-order valence-corrected chi connectivity index (χ2v) is 12.8. The minimum absolute atomic E-state index is 0.0188. The fourth-order valence-electron chi connectivity index (χ4n) is 6.07. The summed E-state index contributed by atoms with van der Waals surface area (Å²) in [6.07, 6.45) is 14.8. The highest BCUT2D eigenvalue weighted by molar-refractivity contribution is 6.11. The molecular weight excluding hydrogens is 632 g/mol. The Hall–Kier alpha value is -4.79. The summed E-state index contributed by atoms with van der Waals surface area (Å²) >= 11 is 0. The number of phenols is 1. The molecule has 268 valence electrons. The summed E-state index contributed by atoms with van der Waals surface area (Å²) in [6.45, 7) is 5.37. The highest BCUT2D eigenvalue weighted by atomic mass is 16.6. The lowest BCUT2D eigenvalue weighted by Crippen LogP contribution is -2.16. The van der Waals surface area contributed by atoms with Gasteiger partial charge in [-0.1, -0.05) is 114 Å².